The second-order valence-electron chi connectivity index (χ2n) is 10.8. The van der Waals surface area contributed by atoms with Gasteiger partial charge < -0.3 is 19.3 Å². The fraction of sp³-hybridized carbons (Fsp3) is 0.483. The number of carbonyl (C=O) groups excluding carboxylic acids is 2. The van der Waals surface area contributed by atoms with Gasteiger partial charge in [0.25, 0.3) is 11.8 Å². The number of piperazine rings is 1. The molecule has 3 aromatic rings. The van der Waals surface area contributed by atoms with Gasteiger partial charge >= 0.3 is 0 Å². The Bertz CT molecular complexity index is 1310. The summed E-state index contributed by atoms with van der Waals surface area (Å²) in [6.07, 6.45) is 0.679. The van der Waals surface area contributed by atoms with Gasteiger partial charge in [0.2, 0.25) is 0 Å². The van der Waals surface area contributed by atoms with Crippen LogP contribution in [0.3, 0.4) is 0 Å². The van der Waals surface area contributed by atoms with E-state index in [1.54, 1.807) is 41.8 Å². The summed E-state index contributed by atoms with van der Waals surface area (Å²) in [4.78, 5) is 34.8. The number of fused-ring (bicyclic) bond motifs is 1. The van der Waals surface area contributed by atoms with E-state index < -0.39 is 11.1 Å². The van der Waals surface area contributed by atoms with Crippen molar-refractivity contribution in [2.75, 3.05) is 19.6 Å². The summed E-state index contributed by atoms with van der Waals surface area (Å²) in [5.74, 6) is -0.578. The molecule has 198 valence electrons. The van der Waals surface area contributed by atoms with Crippen LogP contribution in [0.25, 0.3) is 22.4 Å². The topological polar surface area (TPSA) is 86.9 Å². The fourth-order valence-corrected chi connectivity index (χ4v) is 5.03. The molecule has 1 fully saturated rings. The van der Waals surface area contributed by atoms with Gasteiger partial charge in [0.05, 0.1) is 11.2 Å². The highest BCUT2D eigenvalue weighted by Crippen LogP contribution is 2.33. The zero-order valence-corrected chi connectivity index (χ0v) is 22.5. The van der Waals surface area contributed by atoms with Gasteiger partial charge in [0.1, 0.15) is 16.9 Å². The molecule has 0 bridgehead atoms. The molecule has 0 radical (unpaired) electrons. The van der Waals surface area contributed by atoms with Crippen molar-refractivity contribution in [2.45, 2.75) is 71.4 Å². The maximum absolute atomic E-state index is 13.7. The van der Waals surface area contributed by atoms with E-state index in [0.717, 1.165) is 11.1 Å². The standard InChI is InChI=1S/C29H36FN3O4/c1-7-29(36,8-2)27(35)32-13-14-33(28(5,6)17-32)26(34)24-16-23-25(37-24)21(18(3)4)15-22(31-23)19-9-11-20(30)12-10-19/h9-12,15-16,18,36H,7-8,13-14,17H2,1-6H3. The molecule has 0 atom stereocenters. The van der Waals surface area contributed by atoms with Gasteiger partial charge in [-0.3, -0.25) is 9.59 Å². The summed E-state index contributed by atoms with van der Waals surface area (Å²) in [5.41, 5.74) is 1.45. The van der Waals surface area contributed by atoms with Crippen molar-refractivity contribution in [3.8, 4) is 11.3 Å². The van der Waals surface area contributed by atoms with Crippen LogP contribution in [0.1, 0.15) is 76.4 Å². The lowest BCUT2D eigenvalue weighted by atomic mass is 9.92. The van der Waals surface area contributed by atoms with Gasteiger partial charge in [-0.05, 0) is 62.9 Å². The highest BCUT2D eigenvalue weighted by molar-refractivity contribution is 5.97. The number of rotatable bonds is 6. The van der Waals surface area contributed by atoms with Gasteiger partial charge in [0.15, 0.2) is 11.3 Å². The first-order valence-electron chi connectivity index (χ1n) is 12.9. The second kappa shape index (κ2) is 9.89. The molecule has 1 aliphatic rings. The Morgan fingerprint density at radius 2 is 1.78 bits per heavy atom. The van der Waals surface area contributed by atoms with Crippen LogP contribution in [-0.2, 0) is 4.79 Å². The van der Waals surface area contributed by atoms with Crippen molar-refractivity contribution in [3.05, 3.63) is 53.5 Å². The molecule has 1 N–H and O–H groups in total. The quantitative estimate of drug-likeness (QED) is 0.483. The minimum Gasteiger partial charge on any atom is -0.449 e. The Morgan fingerprint density at radius 1 is 1.14 bits per heavy atom. The number of furan rings is 1. The van der Waals surface area contributed by atoms with Crippen LogP contribution in [0.15, 0.2) is 40.8 Å². The molecule has 8 heteroatoms. The second-order valence-corrected chi connectivity index (χ2v) is 10.8. The maximum atomic E-state index is 13.7. The summed E-state index contributed by atoms with van der Waals surface area (Å²) >= 11 is 0. The molecule has 0 saturated carbocycles. The van der Waals surface area contributed by atoms with Crippen molar-refractivity contribution in [3.63, 3.8) is 0 Å². The SMILES string of the molecule is CCC(O)(CC)C(=O)N1CCN(C(=O)c2cc3nc(-c4ccc(F)cc4)cc(C(C)C)c3o2)C(C)(C)C1. The van der Waals surface area contributed by atoms with Crippen molar-refractivity contribution in [1.82, 2.24) is 14.8 Å². The molecule has 37 heavy (non-hydrogen) atoms. The third-order valence-electron chi connectivity index (χ3n) is 7.48. The van der Waals surface area contributed by atoms with Gasteiger partial charge in [-0.15, -0.1) is 0 Å². The molecule has 4 rings (SSSR count). The summed E-state index contributed by atoms with van der Waals surface area (Å²) in [7, 11) is 0. The van der Waals surface area contributed by atoms with Gasteiger partial charge in [-0.2, -0.15) is 0 Å². The number of nitrogens with zero attached hydrogens (tertiary/aromatic N) is 3. The molecular formula is C29H36FN3O4. The Labute approximate surface area is 217 Å². The van der Waals surface area contributed by atoms with Crippen molar-refractivity contribution < 1.29 is 23.5 Å². The number of benzene rings is 1. The van der Waals surface area contributed by atoms with E-state index in [1.807, 2.05) is 33.8 Å². The lowest BCUT2D eigenvalue weighted by Gasteiger charge is -2.48. The first-order valence-corrected chi connectivity index (χ1v) is 12.9. The molecule has 0 unspecified atom stereocenters. The van der Waals surface area contributed by atoms with Crippen molar-refractivity contribution in [2.24, 2.45) is 0 Å². The lowest BCUT2D eigenvalue weighted by Crippen LogP contribution is -2.64. The van der Waals surface area contributed by atoms with Gasteiger partial charge in [-0.1, -0.05) is 27.7 Å². The summed E-state index contributed by atoms with van der Waals surface area (Å²) in [6.45, 7) is 12.5. The predicted molar refractivity (Wildman–Crippen MR) is 141 cm³/mol. The highest BCUT2D eigenvalue weighted by Gasteiger charge is 2.44. The minimum atomic E-state index is -1.39. The molecule has 2 amide bonds. The fourth-order valence-electron chi connectivity index (χ4n) is 5.03. The molecule has 1 aromatic carbocycles. The molecule has 0 spiro atoms. The van der Waals surface area contributed by atoms with Gasteiger partial charge in [0, 0.05) is 36.8 Å². The van der Waals surface area contributed by atoms with Gasteiger partial charge in [-0.25, -0.2) is 9.37 Å². The van der Waals surface area contributed by atoms with Crippen LogP contribution in [0.4, 0.5) is 4.39 Å². The average Bonchev–Trinajstić information content (AvgIpc) is 3.30. The van der Waals surface area contributed by atoms with Crippen LogP contribution in [0.2, 0.25) is 0 Å². The third kappa shape index (κ3) is 4.99. The average molecular weight is 510 g/mol. The molecular weight excluding hydrogens is 473 g/mol. The summed E-state index contributed by atoms with van der Waals surface area (Å²) in [6, 6.07) is 9.75. The van der Waals surface area contributed by atoms with E-state index in [2.05, 4.69) is 0 Å². The Morgan fingerprint density at radius 3 is 2.35 bits per heavy atom. The van der Waals surface area contributed by atoms with E-state index >= 15 is 0 Å². The zero-order valence-electron chi connectivity index (χ0n) is 22.5. The van der Waals surface area contributed by atoms with E-state index in [9.17, 15) is 19.1 Å². The molecule has 1 aliphatic heterocycles. The normalized spacial score (nSPS) is 16.0. The van der Waals surface area contributed by atoms with E-state index in [1.165, 1.54) is 12.1 Å². The molecule has 0 aliphatic carbocycles. The van der Waals surface area contributed by atoms with Crippen LogP contribution in [0.5, 0.6) is 0 Å². The van der Waals surface area contributed by atoms with Crippen molar-refractivity contribution in [1.29, 1.82) is 0 Å². The Kier molecular flexibility index (Phi) is 7.16. The number of aromatic nitrogens is 1. The number of amides is 2. The number of halogens is 1. The number of aliphatic hydroxyl groups is 1. The molecule has 3 heterocycles. The summed E-state index contributed by atoms with van der Waals surface area (Å²) < 4.78 is 19.6. The van der Waals surface area contributed by atoms with Crippen LogP contribution in [-0.4, -0.2) is 62.5 Å². The summed E-state index contributed by atoms with van der Waals surface area (Å²) in [5, 5.41) is 10.7. The molecule has 7 nitrogen and oxygen atoms in total. The van der Waals surface area contributed by atoms with Crippen LogP contribution < -0.4 is 0 Å². The largest absolute Gasteiger partial charge is 0.449 e. The van der Waals surface area contributed by atoms with Crippen LogP contribution >= 0.6 is 0 Å². The number of hydrogen-bond donors (Lipinski definition) is 1. The number of pyridine rings is 1. The van der Waals surface area contributed by atoms with E-state index in [0.29, 0.717) is 49.3 Å². The maximum Gasteiger partial charge on any atom is 0.290 e. The van der Waals surface area contributed by atoms with E-state index in [4.69, 9.17) is 9.40 Å². The first-order chi connectivity index (χ1) is 17.4. The lowest BCUT2D eigenvalue weighted by molar-refractivity contribution is -0.156. The molecule has 2 aromatic heterocycles. The third-order valence-corrected chi connectivity index (χ3v) is 7.48. The monoisotopic (exact) mass is 509 g/mol. The smallest absolute Gasteiger partial charge is 0.290 e. The molecule has 1 saturated heterocycles. The number of carbonyl (C=O) groups is 2. The minimum absolute atomic E-state index is 0.112. The Hall–Kier alpha value is -3.26. The Balaban J connectivity index is 1.64. The first kappa shape index (κ1) is 26.8. The highest BCUT2D eigenvalue weighted by atomic mass is 19.1. The zero-order chi connectivity index (χ0) is 27.1. The van der Waals surface area contributed by atoms with Crippen molar-refractivity contribution >= 4 is 22.9 Å². The number of hydrogen-bond acceptors (Lipinski definition) is 5. The predicted octanol–water partition coefficient (Wildman–Crippen LogP) is 5.37. The van der Waals surface area contributed by atoms with E-state index in [-0.39, 0.29) is 29.3 Å². The van der Waals surface area contributed by atoms with Crippen LogP contribution in [0, 0.1) is 5.82 Å².